The van der Waals surface area contributed by atoms with E-state index in [2.05, 4.69) is 9.97 Å². The van der Waals surface area contributed by atoms with E-state index in [0.717, 1.165) is 23.8 Å². The number of carbonyl (C=O) groups is 1. The first-order chi connectivity index (χ1) is 15.9. The van der Waals surface area contributed by atoms with E-state index < -0.39 is 30.7 Å². The maximum Gasteiger partial charge on any atom is 0.416 e. The number of carbonyl (C=O) groups excluding carboxylic acids is 1. The van der Waals surface area contributed by atoms with Crippen LogP contribution in [-0.2, 0) is 24.1 Å². The zero-order valence-corrected chi connectivity index (χ0v) is 15.9. The fourth-order valence-corrected chi connectivity index (χ4v) is 3.84. The summed E-state index contributed by atoms with van der Waals surface area (Å²) in [6.07, 6.45) is -3.27. The highest BCUT2D eigenvalue weighted by Gasteiger charge is 2.36. The molecule has 0 spiro atoms. The average Bonchev–Trinajstić information content (AvgIpc) is 3.40. The van der Waals surface area contributed by atoms with Gasteiger partial charge in [-0.2, -0.15) is 13.2 Å². The van der Waals surface area contributed by atoms with Gasteiger partial charge in [0.2, 0.25) is 0 Å². The predicted octanol–water partition coefficient (Wildman–Crippen LogP) is 3.47. The summed E-state index contributed by atoms with van der Waals surface area (Å²) in [4.78, 5) is 22.4. The Balaban J connectivity index is 1.56. The predicted molar refractivity (Wildman–Crippen MR) is 104 cm³/mol. The molecule has 10 heteroatoms. The van der Waals surface area contributed by atoms with Crippen molar-refractivity contribution in [2.45, 2.75) is 25.4 Å². The molecule has 3 aromatic rings. The normalized spacial score (nSPS) is 19.2. The van der Waals surface area contributed by atoms with Gasteiger partial charge in [0.1, 0.15) is 23.9 Å². The van der Waals surface area contributed by atoms with Crippen molar-refractivity contribution in [3.8, 4) is 5.75 Å². The van der Waals surface area contributed by atoms with Gasteiger partial charge in [0, 0.05) is 27.6 Å². The first-order valence-corrected chi connectivity index (χ1v) is 9.27. The molecule has 0 radical (unpaired) electrons. The van der Waals surface area contributed by atoms with Gasteiger partial charge in [-0.15, -0.1) is 0 Å². The van der Waals surface area contributed by atoms with Crippen LogP contribution >= 0.6 is 0 Å². The molecule has 2 N–H and O–H groups in total. The van der Waals surface area contributed by atoms with E-state index in [1.165, 1.54) is 12.3 Å². The molecule has 0 saturated heterocycles. The molecular weight excluding hydrogens is 413 g/mol. The Morgan fingerprint density at radius 3 is 2.87 bits per heavy atom. The first-order valence-electron chi connectivity index (χ1n) is 10.8. The second-order valence-electron chi connectivity index (χ2n) is 7.29. The van der Waals surface area contributed by atoms with Gasteiger partial charge in [-0.1, -0.05) is 6.07 Å². The smallest absolute Gasteiger partial charge is 0.416 e. The average molecular weight is 433 g/mol. The molecule has 0 saturated carbocycles. The van der Waals surface area contributed by atoms with Gasteiger partial charge in [0.25, 0.3) is 5.91 Å². The Morgan fingerprint density at radius 2 is 2.10 bits per heavy atom. The van der Waals surface area contributed by atoms with Crippen LogP contribution in [0.25, 0.3) is 10.9 Å². The minimum Gasteiger partial charge on any atom is -0.491 e. The highest BCUT2D eigenvalue weighted by atomic mass is 19.4. The number of ether oxygens (including phenoxy) is 2. The van der Waals surface area contributed by atoms with Crippen LogP contribution in [-0.4, -0.2) is 34.4 Å². The van der Waals surface area contributed by atoms with E-state index in [1.54, 1.807) is 0 Å². The van der Waals surface area contributed by atoms with E-state index in [1.807, 2.05) is 0 Å². The Hall–Kier alpha value is -3.40. The zero-order valence-electron chi connectivity index (χ0n) is 18.9. The number of likely N-dealkylation sites (N-methyl/N-ethyl adjacent to an activating group) is 1. The summed E-state index contributed by atoms with van der Waals surface area (Å²) in [5.41, 5.74) is 6.89. The van der Waals surface area contributed by atoms with Crippen molar-refractivity contribution in [2.75, 3.05) is 19.3 Å². The molecule has 2 aliphatic heterocycles. The lowest BCUT2D eigenvalue weighted by molar-refractivity contribution is -0.137. The lowest BCUT2D eigenvalue weighted by Gasteiger charge is -2.23. The van der Waals surface area contributed by atoms with Crippen molar-refractivity contribution in [3.05, 3.63) is 58.4 Å². The lowest BCUT2D eigenvalue weighted by atomic mass is 10.0. The van der Waals surface area contributed by atoms with Crippen LogP contribution in [0.5, 0.6) is 5.75 Å². The number of anilines is 1. The molecule has 0 aliphatic carbocycles. The molecule has 0 fully saturated rings. The third kappa shape index (κ3) is 3.14. The van der Waals surface area contributed by atoms with Crippen LogP contribution in [0.15, 0.2) is 30.5 Å². The third-order valence-electron chi connectivity index (χ3n) is 5.46. The summed E-state index contributed by atoms with van der Waals surface area (Å²) in [6, 6.07) is 3.06. The minimum atomic E-state index is -4.59. The summed E-state index contributed by atoms with van der Waals surface area (Å²) in [5.74, 6) is -0.751. The number of rotatable bonds is 2. The van der Waals surface area contributed by atoms with Crippen LogP contribution in [0, 0.1) is 0 Å². The second-order valence-corrected chi connectivity index (χ2v) is 7.29. The molecular formula is C21H17F3N4O3. The highest BCUT2D eigenvalue weighted by molar-refractivity contribution is 5.97. The van der Waals surface area contributed by atoms with Crippen LogP contribution in [0.4, 0.5) is 19.0 Å². The number of fused-ring (bicyclic) bond motifs is 4. The standard InChI is InChI=1S/C21H17F3N4O3/c1-28(17-9-31-18-4-10(21(22,23)24)2-3-11(17)18)20(29)15-5-12-13-7-30-8-14(13)19(25)27-16(12)6-26-15/h2-6,17H,7-9H2,1H3,(H2,25,27)/t17-/m1/s1/i1D3. The van der Waals surface area contributed by atoms with Gasteiger partial charge in [-0.05, 0) is 23.8 Å². The molecule has 31 heavy (non-hydrogen) atoms. The van der Waals surface area contributed by atoms with E-state index in [9.17, 15) is 18.0 Å². The molecule has 5 rings (SSSR count). The Morgan fingerprint density at radius 1 is 1.29 bits per heavy atom. The monoisotopic (exact) mass is 433 g/mol. The summed E-state index contributed by atoms with van der Waals surface area (Å²) in [5, 5.41) is 0.559. The number of hydrogen-bond donors (Lipinski definition) is 1. The quantitative estimate of drug-likeness (QED) is 0.666. The number of amides is 1. The second kappa shape index (κ2) is 6.81. The molecule has 0 unspecified atom stereocenters. The fourth-order valence-electron chi connectivity index (χ4n) is 3.84. The largest absolute Gasteiger partial charge is 0.491 e. The first kappa shape index (κ1) is 16.3. The van der Waals surface area contributed by atoms with Crippen LogP contribution in [0.1, 0.15) is 42.9 Å². The topological polar surface area (TPSA) is 90.6 Å². The maximum atomic E-state index is 13.4. The van der Waals surface area contributed by atoms with Crippen LogP contribution in [0.2, 0.25) is 0 Å². The van der Waals surface area contributed by atoms with Crippen molar-refractivity contribution < 1.29 is 31.6 Å². The fraction of sp³-hybridized carbons (Fsp3) is 0.286. The van der Waals surface area contributed by atoms with E-state index >= 15 is 0 Å². The zero-order chi connectivity index (χ0) is 24.4. The number of nitrogens with two attached hydrogens (primary N) is 1. The molecule has 1 atom stereocenters. The van der Waals surface area contributed by atoms with Crippen molar-refractivity contribution in [2.24, 2.45) is 0 Å². The van der Waals surface area contributed by atoms with Crippen molar-refractivity contribution in [1.82, 2.24) is 14.9 Å². The minimum absolute atomic E-state index is 0.122. The number of alkyl halides is 3. The SMILES string of the molecule is [2H]C([2H])([2H])N(C(=O)c1cc2c3c(c(N)nc2cn1)COC3)[C@@H]1COc2cc(C(F)(F)F)ccc21. The number of halogens is 3. The molecule has 4 heterocycles. The molecule has 2 aromatic heterocycles. The summed E-state index contributed by atoms with van der Waals surface area (Å²) < 4.78 is 73.8. The van der Waals surface area contributed by atoms with E-state index in [0.29, 0.717) is 27.2 Å². The molecule has 160 valence electrons. The number of nitrogens with zero attached hydrogens (tertiary/aromatic N) is 3. The van der Waals surface area contributed by atoms with Crippen molar-refractivity contribution >= 4 is 22.6 Å². The molecule has 2 aliphatic rings. The van der Waals surface area contributed by atoms with E-state index in [-0.39, 0.29) is 36.8 Å². The van der Waals surface area contributed by atoms with Gasteiger partial charge in [-0.25, -0.2) is 9.97 Å². The number of benzene rings is 1. The highest BCUT2D eigenvalue weighted by Crippen LogP contribution is 2.40. The van der Waals surface area contributed by atoms with Gasteiger partial charge in [-0.3, -0.25) is 4.79 Å². The molecule has 1 amide bonds. The Bertz CT molecular complexity index is 1330. The number of aromatic nitrogens is 2. The Kier molecular flexibility index (Phi) is 3.58. The summed E-state index contributed by atoms with van der Waals surface area (Å²) in [7, 11) is 0. The van der Waals surface area contributed by atoms with Crippen LogP contribution < -0.4 is 10.5 Å². The van der Waals surface area contributed by atoms with Crippen molar-refractivity contribution in [3.63, 3.8) is 0 Å². The van der Waals surface area contributed by atoms with E-state index in [4.69, 9.17) is 19.3 Å². The number of nitrogen functional groups attached to an aromatic ring is 1. The maximum absolute atomic E-state index is 13.4. The molecule has 7 nitrogen and oxygen atoms in total. The molecule has 0 bridgehead atoms. The lowest BCUT2D eigenvalue weighted by Crippen LogP contribution is -2.32. The summed E-state index contributed by atoms with van der Waals surface area (Å²) >= 11 is 0. The van der Waals surface area contributed by atoms with Crippen molar-refractivity contribution in [1.29, 1.82) is 0 Å². The number of hydrogen-bond acceptors (Lipinski definition) is 6. The van der Waals surface area contributed by atoms with Gasteiger partial charge < -0.3 is 20.1 Å². The molecule has 1 aromatic carbocycles. The third-order valence-corrected chi connectivity index (χ3v) is 5.46. The Labute approximate surface area is 178 Å². The number of pyridine rings is 2. The van der Waals surface area contributed by atoms with Crippen LogP contribution in [0.3, 0.4) is 0 Å². The summed E-state index contributed by atoms with van der Waals surface area (Å²) in [6.45, 7) is -2.70. The van der Waals surface area contributed by atoms with Gasteiger partial charge in [0.15, 0.2) is 0 Å². The van der Waals surface area contributed by atoms with Gasteiger partial charge >= 0.3 is 6.18 Å². The van der Waals surface area contributed by atoms with Gasteiger partial charge in [0.05, 0.1) is 36.5 Å².